The zero-order chi connectivity index (χ0) is 16.8. The van der Waals surface area contributed by atoms with Crippen molar-refractivity contribution in [3.8, 4) is 5.82 Å². The Labute approximate surface area is 147 Å². The maximum absolute atomic E-state index is 12.6. The molecular formula is C16H15N7OS. The molecule has 1 saturated heterocycles. The quantitative estimate of drug-likeness (QED) is 0.715. The lowest BCUT2D eigenvalue weighted by Crippen LogP contribution is -2.23. The third-order valence-electron chi connectivity index (χ3n) is 4.56. The van der Waals surface area contributed by atoms with Gasteiger partial charge < -0.3 is 4.90 Å². The Kier molecular flexibility index (Phi) is 3.27. The number of nitrogens with zero attached hydrogens (tertiary/aromatic N) is 7. The van der Waals surface area contributed by atoms with E-state index in [1.54, 1.807) is 27.5 Å². The van der Waals surface area contributed by atoms with Crippen LogP contribution in [0.4, 0.5) is 10.8 Å². The molecule has 0 aliphatic carbocycles. The molecule has 0 bridgehead atoms. The first-order valence-corrected chi connectivity index (χ1v) is 9.05. The van der Waals surface area contributed by atoms with Gasteiger partial charge >= 0.3 is 0 Å². The van der Waals surface area contributed by atoms with Crippen molar-refractivity contribution in [2.24, 2.45) is 0 Å². The van der Waals surface area contributed by atoms with Crippen LogP contribution >= 0.6 is 11.3 Å². The molecule has 5 rings (SSSR count). The SMILES string of the molecule is O=C1c2cn(-c3ccc(N4CCCC4)nn3)nc2CN1c1cncs1. The Balaban J connectivity index is 1.40. The van der Waals surface area contributed by atoms with E-state index < -0.39 is 0 Å². The molecular weight excluding hydrogens is 338 g/mol. The van der Waals surface area contributed by atoms with Gasteiger partial charge in [-0.3, -0.25) is 14.7 Å². The number of carbonyl (C=O) groups is 1. The smallest absolute Gasteiger partial charge is 0.262 e. The van der Waals surface area contributed by atoms with Crippen LogP contribution in [0.25, 0.3) is 5.82 Å². The Hall–Kier alpha value is -2.81. The fourth-order valence-electron chi connectivity index (χ4n) is 3.26. The van der Waals surface area contributed by atoms with E-state index in [1.807, 2.05) is 12.1 Å². The van der Waals surface area contributed by atoms with E-state index in [0.29, 0.717) is 17.9 Å². The second-order valence-electron chi connectivity index (χ2n) is 6.11. The standard InChI is InChI=1S/C16H15N7OS/c24-16-11-8-23(20-12(11)9-22(16)15-7-17-10-25-15)14-4-3-13(18-19-14)21-5-1-2-6-21/h3-4,7-8,10H,1-2,5-6,9H2. The Morgan fingerprint density at radius 3 is 2.56 bits per heavy atom. The highest BCUT2D eigenvalue weighted by Gasteiger charge is 2.32. The minimum absolute atomic E-state index is 0.0489. The average molecular weight is 353 g/mol. The molecule has 0 saturated carbocycles. The number of carbonyl (C=O) groups excluding carboxylic acids is 1. The first-order chi connectivity index (χ1) is 12.3. The zero-order valence-corrected chi connectivity index (χ0v) is 14.2. The maximum Gasteiger partial charge on any atom is 0.262 e. The number of hydrogen-bond donors (Lipinski definition) is 0. The van der Waals surface area contributed by atoms with Gasteiger partial charge in [-0.05, 0) is 25.0 Å². The molecule has 2 aliphatic rings. The molecule has 5 heterocycles. The summed E-state index contributed by atoms with van der Waals surface area (Å²) in [5, 5.41) is 13.9. The molecule has 0 radical (unpaired) electrons. The highest BCUT2D eigenvalue weighted by molar-refractivity contribution is 7.14. The molecule has 126 valence electrons. The van der Waals surface area contributed by atoms with Gasteiger partial charge in [0.15, 0.2) is 11.6 Å². The lowest BCUT2D eigenvalue weighted by atomic mass is 10.3. The second kappa shape index (κ2) is 5.62. The topological polar surface area (TPSA) is 80.0 Å². The largest absolute Gasteiger partial charge is 0.355 e. The van der Waals surface area contributed by atoms with Gasteiger partial charge in [-0.15, -0.1) is 21.5 Å². The molecule has 25 heavy (non-hydrogen) atoms. The number of amides is 1. The Bertz CT molecular complexity index is 913. The van der Waals surface area contributed by atoms with Gasteiger partial charge in [-0.2, -0.15) is 5.10 Å². The van der Waals surface area contributed by atoms with Crippen molar-refractivity contribution in [2.75, 3.05) is 22.9 Å². The summed E-state index contributed by atoms with van der Waals surface area (Å²) < 4.78 is 1.63. The number of thiazole rings is 1. The zero-order valence-electron chi connectivity index (χ0n) is 13.4. The van der Waals surface area contributed by atoms with Gasteiger partial charge in [-0.1, -0.05) is 0 Å². The monoisotopic (exact) mass is 353 g/mol. The van der Waals surface area contributed by atoms with Crippen LogP contribution < -0.4 is 9.80 Å². The average Bonchev–Trinajstić information content (AvgIpc) is 3.42. The molecule has 1 amide bonds. The van der Waals surface area contributed by atoms with Crippen molar-refractivity contribution >= 4 is 28.1 Å². The minimum Gasteiger partial charge on any atom is -0.355 e. The summed E-state index contributed by atoms with van der Waals surface area (Å²) in [7, 11) is 0. The van der Waals surface area contributed by atoms with E-state index in [0.717, 1.165) is 29.6 Å². The molecule has 3 aromatic rings. The third kappa shape index (κ3) is 2.39. The van der Waals surface area contributed by atoms with E-state index in [9.17, 15) is 4.79 Å². The number of rotatable bonds is 3. The summed E-state index contributed by atoms with van der Waals surface area (Å²) in [6.45, 7) is 2.53. The highest BCUT2D eigenvalue weighted by Crippen LogP contribution is 2.30. The predicted molar refractivity (Wildman–Crippen MR) is 93.2 cm³/mol. The van der Waals surface area contributed by atoms with Crippen LogP contribution in [0.3, 0.4) is 0 Å². The molecule has 0 spiro atoms. The van der Waals surface area contributed by atoms with Crippen LogP contribution in [-0.4, -0.2) is 44.0 Å². The molecule has 0 unspecified atom stereocenters. The number of fused-ring (bicyclic) bond motifs is 1. The first-order valence-electron chi connectivity index (χ1n) is 8.17. The summed E-state index contributed by atoms with van der Waals surface area (Å²) in [4.78, 5) is 20.5. The van der Waals surface area contributed by atoms with E-state index >= 15 is 0 Å². The van der Waals surface area contributed by atoms with Crippen LogP contribution in [-0.2, 0) is 6.54 Å². The summed E-state index contributed by atoms with van der Waals surface area (Å²) in [6, 6.07) is 3.86. The van der Waals surface area contributed by atoms with Crippen molar-refractivity contribution in [3.05, 3.63) is 41.3 Å². The lowest BCUT2D eigenvalue weighted by Gasteiger charge is -2.15. The normalized spacial score (nSPS) is 16.7. The van der Waals surface area contributed by atoms with E-state index in [1.165, 1.54) is 24.2 Å². The van der Waals surface area contributed by atoms with Gasteiger partial charge in [0.2, 0.25) is 0 Å². The van der Waals surface area contributed by atoms with Crippen molar-refractivity contribution in [2.45, 2.75) is 19.4 Å². The Morgan fingerprint density at radius 1 is 1.08 bits per heavy atom. The number of hydrogen-bond acceptors (Lipinski definition) is 7. The summed E-state index contributed by atoms with van der Waals surface area (Å²) in [6.07, 6.45) is 5.84. The Morgan fingerprint density at radius 2 is 1.88 bits per heavy atom. The molecule has 8 nitrogen and oxygen atoms in total. The summed E-state index contributed by atoms with van der Waals surface area (Å²) in [5.41, 5.74) is 3.08. The van der Waals surface area contributed by atoms with Crippen LogP contribution in [0, 0.1) is 0 Å². The molecule has 1 fully saturated rings. The molecule has 2 aliphatic heterocycles. The van der Waals surface area contributed by atoms with Crippen LogP contribution in [0.1, 0.15) is 28.9 Å². The van der Waals surface area contributed by atoms with Crippen molar-refractivity contribution < 1.29 is 4.79 Å². The van der Waals surface area contributed by atoms with Crippen LogP contribution in [0.2, 0.25) is 0 Å². The van der Waals surface area contributed by atoms with Crippen LogP contribution in [0.15, 0.2) is 30.0 Å². The van der Waals surface area contributed by atoms with E-state index in [2.05, 4.69) is 25.2 Å². The number of aromatic nitrogens is 5. The minimum atomic E-state index is -0.0489. The fourth-order valence-corrected chi connectivity index (χ4v) is 3.89. The van der Waals surface area contributed by atoms with Gasteiger partial charge in [-0.25, -0.2) is 4.68 Å². The fraction of sp³-hybridized carbons (Fsp3) is 0.312. The predicted octanol–water partition coefficient (Wildman–Crippen LogP) is 1.88. The van der Waals surface area contributed by atoms with Gasteiger partial charge in [0.1, 0.15) is 5.00 Å². The van der Waals surface area contributed by atoms with Crippen molar-refractivity contribution in [1.82, 2.24) is 25.0 Å². The first kappa shape index (κ1) is 14.5. The molecule has 0 N–H and O–H groups in total. The van der Waals surface area contributed by atoms with E-state index in [-0.39, 0.29) is 5.91 Å². The second-order valence-corrected chi connectivity index (χ2v) is 6.97. The van der Waals surface area contributed by atoms with Crippen molar-refractivity contribution in [1.29, 1.82) is 0 Å². The van der Waals surface area contributed by atoms with Gasteiger partial charge in [0, 0.05) is 19.3 Å². The highest BCUT2D eigenvalue weighted by atomic mass is 32.1. The summed E-state index contributed by atoms with van der Waals surface area (Å²) in [5.74, 6) is 1.47. The maximum atomic E-state index is 12.6. The van der Waals surface area contributed by atoms with Gasteiger partial charge in [0.25, 0.3) is 5.91 Å². The molecule has 0 aromatic carbocycles. The molecule has 0 atom stereocenters. The van der Waals surface area contributed by atoms with E-state index in [4.69, 9.17) is 0 Å². The van der Waals surface area contributed by atoms with Crippen LogP contribution in [0.5, 0.6) is 0 Å². The summed E-state index contributed by atoms with van der Waals surface area (Å²) >= 11 is 1.44. The third-order valence-corrected chi connectivity index (χ3v) is 5.36. The molecule has 9 heteroatoms. The van der Waals surface area contributed by atoms with Crippen molar-refractivity contribution in [3.63, 3.8) is 0 Å². The van der Waals surface area contributed by atoms with Gasteiger partial charge in [0.05, 0.1) is 29.5 Å². The number of anilines is 2. The lowest BCUT2D eigenvalue weighted by molar-refractivity contribution is 0.0997. The molecule has 3 aromatic heterocycles.